The number of nitrogens with zero attached hydrogens (tertiary/aromatic N) is 2. The van der Waals surface area contributed by atoms with E-state index in [0.29, 0.717) is 36.8 Å². The summed E-state index contributed by atoms with van der Waals surface area (Å²) in [5.74, 6) is -4.85. The van der Waals surface area contributed by atoms with Crippen LogP contribution in [0.5, 0.6) is 0 Å². The number of halogens is 4. The molecule has 2 amide bonds. The van der Waals surface area contributed by atoms with E-state index in [-0.39, 0.29) is 23.7 Å². The van der Waals surface area contributed by atoms with Crippen molar-refractivity contribution < 1.29 is 27.2 Å². The molecule has 0 saturated heterocycles. The number of hydrogen-bond acceptors (Lipinski definition) is 2. The third-order valence-electron chi connectivity index (χ3n) is 7.08. The minimum Gasteiger partial charge on any atom is -0.339 e. The van der Waals surface area contributed by atoms with Crippen molar-refractivity contribution in [3.8, 4) is 0 Å². The number of hydrogen-bond donors (Lipinski definition) is 0. The Balaban J connectivity index is 1.67. The summed E-state index contributed by atoms with van der Waals surface area (Å²) in [4.78, 5) is 29.4. The summed E-state index contributed by atoms with van der Waals surface area (Å²) in [6, 6.07) is 6.24. The summed E-state index contributed by atoms with van der Waals surface area (Å²) in [7, 11) is 3.24. The molecule has 0 radical (unpaired) electrons. The van der Waals surface area contributed by atoms with Gasteiger partial charge in [-0.15, -0.1) is 0 Å². The molecule has 1 fully saturated rings. The third-order valence-corrected chi connectivity index (χ3v) is 7.08. The number of rotatable bonds is 6. The van der Waals surface area contributed by atoms with E-state index in [4.69, 9.17) is 0 Å². The molecule has 8 heteroatoms. The molecule has 4 atom stereocenters. The first-order chi connectivity index (χ1) is 16.0. The Morgan fingerprint density at radius 2 is 1.12 bits per heavy atom. The van der Waals surface area contributed by atoms with Crippen molar-refractivity contribution in [3.63, 3.8) is 0 Å². The molecule has 4 nitrogen and oxygen atoms in total. The lowest BCUT2D eigenvalue weighted by Crippen LogP contribution is -2.41. The second-order valence-electron chi connectivity index (χ2n) is 9.16. The van der Waals surface area contributed by atoms with Crippen molar-refractivity contribution in [2.24, 2.45) is 11.8 Å². The highest BCUT2D eigenvalue weighted by molar-refractivity contribution is 5.83. The van der Waals surface area contributed by atoms with Gasteiger partial charge in [0, 0.05) is 25.9 Å². The summed E-state index contributed by atoms with van der Waals surface area (Å²) in [5, 5.41) is 0. The summed E-state index contributed by atoms with van der Waals surface area (Å²) in [6.07, 6.45) is 2.36. The molecule has 0 aliphatic heterocycles. The third kappa shape index (κ3) is 5.42. The second-order valence-corrected chi connectivity index (χ2v) is 9.16. The molecular formula is C26H30F4N2O2. The zero-order valence-electron chi connectivity index (χ0n) is 19.8. The summed E-state index contributed by atoms with van der Waals surface area (Å²) >= 11 is 0. The van der Waals surface area contributed by atoms with E-state index in [1.165, 1.54) is 21.9 Å². The molecule has 184 valence electrons. The van der Waals surface area contributed by atoms with Gasteiger partial charge in [0.25, 0.3) is 0 Å². The first-order valence-corrected chi connectivity index (χ1v) is 11.4. The quantitative estimate of drug-likeness (QED) is 0.493. The van der Waals surface area contributed by atoms with Crippen LogP contribution in [-0.2, 0) is 9.59 Å². The molecule has 0 N–H and O–H groups in total. The Hall–Kier alpha value is -2.90. The van der Waals surface area contributed by atoms with E-state index in [1.54, 1.807) is 27.9 Å². The summed E-state index contributed by atoms with van der Waals surface area (Å²) in [5.41, 5.74) is 0.969. The minimum atomic E-state index is -0.966. The van der Waals surface area contributed by atoms with Crippen LogP contribution in [0.4, 0.5) is 17.6 Å². The second kappa shape index (κ2) is 10.6. The van der Waals surface area contributed by atoms with Crippen molar-refractivity contribution in [2.45, 2.75) is 51.6 Å². The SMILES string of the molecule is CC(c1ccc(F)c(F)c1)N(C)C(=O)C1CCCC(C(=O)N(C)C(C)c2ccc(F)c(F)c2)C1. The lowest BCUT2D eigenvalue weighted by atomic mass is 9.79. The smallest absolute Gasteiger partial charge is 0.225 e. The van der Waals surface area contributed by atoms with Gasteiger partial charge in [0.05, 0.1) is 12.1 Å². The monoisotopic (exact) mass is 478 g/mol. The number of carbonyl (C=O) groups is 2. The molecule has 2 aromatic carbocycles. The Morgan fingerprint density at radius 3 is 1.47 bits per heavy atom. The molecule has 0 aromatic heterocycles. The predicted octanol–water partition coefficient (Wildman–Crippen LogP) is 5.79. The van der Waals surface area contributed by atoms with Crippen LogP contribution >= 0.6 is 0 Å². The van der Waals surface area contributed by atoms with E-state index >= 15 is 0 Å². The summed E-state index contributed by atoms with van der Waals surface area (Å²) in [6.45, 7) is 3.49. The predicted molar refractivity (Wildman–Crippen MR) is 121 cm³/mol. The van der Waals surface area contributed by atoms with Crippen molar-refractivity contribution in [1.29, 1.82) is 0 Å². The Bertz CT molecular complexity index is 980. The van der Waals surface area contributed by atoms with E-state index in [0.717, 1.165) is 24.3 Å². The normalized spacial score (nSPS) is 19.9. The van der Waals surface area contributed by atoms with Crippen molar-refractivity contribution in [3.05, 3.63) is 70.8 Å². The Kier molecular flexibility index (Phi) is 8.00. The average molecular weight is 479 g/mol. The van der Waals surface area contributed by atoms with Crippen molar-refractivity contribution >= 4 is 11.8 Å². The van der Waals surface area contributed by atoms with Gasteiger partial charge in [-0.05, 0) is 68.5 Å². The van der Waals surface area contributed by atoms with Crippen molar-refractivity contribution in [2.75, 3.05) is 14.1 Å². The van der Waals surface area contributed by atoms with Gasteiger partial charge in [-0.2, -0.15) is 0 Å². The molecule has 0 heterocycles. The standard InChI is InChI=1S/C26H30F4N2O2/c1-15(17-8-10-21(27)23(29)13-17)31(3)25(33)19-6-5-7-20(12-19)26(34)32(4)16(2)18-9-11-22(28)24(30)14-18/h8-11,13-16,19-20H,5-7,12H2,1-4H3. The van der Waals surface area contributed by atoms with Gasteiger partial charge >= 0.3 is 0 Å². The Morgan fingerprint density at radius 1 is 0.735 bits per heavy atom. The average Bonchev–Trinajstić information content (AvgIpc) is 2.84. The Labute approximate surface area is 197 Å². The molecule has 34 heavy (non-hydrogen) atoms. The lowest BCUT2D eigenvalue weighted by Gasteiger charge is -2.36. The molecule has 1 aliphatic rings. The molecule has 4 unspecified atom stereocenters. The first-order valence-electron chi connectivity index (χ1n) is 11.4. The van der Waals surface area contributed by atoms with E-state index in [1.807, 2.05) is 0 Å². The number of benzene rings is 2. The van der Waals surface area contributed by atoms with Gasteiger partial charge in [-0.3, -0.25) is 9.59 Å². The van der Waals surface area contributed by atoms with Crippen LogP contribution in [0.1, 0.15) is 62.7 Å². The van der Waals surface area contributed by atoms with Gasteiger partial charge in [0.15, 0.2) is 23.3 Å². The maximum atomic E-state index is 13.6. The van der Waals surface area contributed by atoms with Gasteiger partial charge in [0.2, 0.25) is 11.8 Å². The van der Waals surface area contributed by atoms with Crippen molar-refractivity contribution in [1.82, 2.24) is 9.80 Å². The van der Waals surface area contributed by atoms with Crippen LogP contribution in [0.3, 0.4) is 0 Å². The fraction of sp³-hybridized carbons (Fsp3) is 0.462. The zero-order chi connectivity index (χ0) is 25.2. The molecule has 3 rings (SSSR count). The lowest BCUT2D eigenvalue weighted by molar-refractivity contribution is -0.142. The minimum absolute atomic E-state index is 0.147. The fourth-order valence-electron chi connectivity index (χ4n) is 4.59. The maximum Gasteiger partial charge on any atom is 0.225 e. The first kappa shape index (κ1) is 25.7. The highest BCUT2D eigenvalue weighted by Crippen LogP contribution is 2.34. The van der Waals surface area contributed by atoms with Crippen LogP contribution in [0, 0.1) is 35.1 Å². The highest BCUT2D eigenvalue weighted by Gasteiger charge is 2.36. The van der Waals surface area contributed by atoms with Crippen LogP contribution in [0.2, 0.25) is 0 Å². The van der Waals surface area contributed by atoms with Crippen LogP contribution in [0.25, 0.3) is 0 Å². The summed E-state index contributed by atoms with van der Waals surface area (Å²) < 4.78 is 53.8. The van der Waals surface area contributed by atoms with E-state index in [9.17, 15) is 27.2 Å². The fourth-order valence-corrected chi connectivity index (χ4v) is 4.59. The molecule has 0 spiro atoms. The number of carbonyl (C=O) groups excluding carboxylic acids is 2. The van der Waals surface area contributed by atoms with E-state index in [2.05, 4.69) is 0 Å². The maximum absolute atomic E-state index is 13.6. The topological polar surface area (TPSA) is 40.6 Å². The molecule has 0 bridgehead atoms. The highest BCUT2D eigenvalue weighted by atomic mass is 19.2. The van der Waals surface area contributed by atoms with Gasteiger partial charge in [-0.1, -0.05) is 18.6 Å². The van der Waals surface area contributed by atoms with Crippen LogP contribution in [0.15, 0.2) is 36.4 Å². The largest absolute Gasteiger partial charge is 0.339 e. The van der Waals surface area contributed by atoms with E-state index < -0.39 is 35.4 Å². The molecular weight excluding hydrogens is 448 g/mol. The van der Waals surface area contributed by atoms with Crippen LogP contribution < -0.4 is 0 Å². The van der Waals surface area contributed by atoms with Gasteiger partial charge in [0.1, 0.15) is 0 Å². The van der Waals surface area contributed by atoms with Gasteiger partial charge in [-0.25, -0.2) is 17.6 Å². The molecule has 1 aliphatic carbocycles. The van der Waals surface area contributed by atoms with Crippen LogP contribution in [-0.4, -0.2) is 35.7 Å². The van der Waals surface area contributed by atoms with Gasteiger partial charge < -0.3 is 9.80 Å². The number of amides is 2. The molecule has 1 saturated carbocycles. The zero-order valence-corrected chi connectivity index (χ0v) is 19.8. The molecule has 2 aromatic rings.